The lowest BCUT2D eigenvalue weighted by atomic mass is 10.1. The Kier molecular flexibility index (Phi) is 8.85. The summed E-state index contributed by atoms with van der Waals surface area (Å²) in [5, 5.41) is 8.44. The molecular formula is C8H18NO. The first-order valence-electron chi connectivity index (χ1n) is 4.06. The first kappa shape index (κ1) is 9.92. The quantitative estimate of drug-likeness (QED) is 0.531. The Labute approximate surface area is 63.4 Å². The van der Waals surface area contributed by atoms with Crippen LogP contribution >= 0.6 is 0 Å². The molecule has 0 heterocycles. The standard InChI is InChI=1S/C8H18NO/c9-7-5-3-1-2-4-6-8-10/h7,10H,1-6,8-9H2. The average Bonchev–Trinajstić information content (AvgIpc) is 1.97. The molecule has 0 rings (SSSR count). The van der Waals surface area contributed by atoms with Gasteiger partial charge >= 0.3 is 0 Å². The minimum absolute atomic E-state index is 0.336. The van der Waals surface area contributed by atoms with Crippen molar-refractivity contribution in [1.82, 2.24) is 0 Å². The molecule has 0 aromatic rings. The second-order valence-corrected chi connectivity index (χ2v) is 2.52. The van der Waals surface area contributed by atoms with E-state index in [2.05, 4.69) is 0 Å². The number of rotatable bonds is 7. The molecule has 61 valence electrons. The maximum atomic E-state index is 8.44. The van der Waals surface area contributed by atoms with E-state index in [4.69, 9.17) is 10.8 Å². The van der Waals surface area contributed by atoms with Gasteiger partial charge in [-0.2, -0.15) is 0 Å². The second kappa shape index (κ2) is 8.92. The third-order valence-electron chi connectivity index (χ3n) is 1.53. The van der Waals surface area contributed by atoms with Gasteiger partial charge in [0.1, 0.15) is 0 Å². The van der Waals surface area contributed by atoms with Crippen molar-refractivity contribution < 1.29 is 5.11 Å². The van der Waals surface area contributed by atoms with Crippen LogP contribution in [0.25, 0.3) is 0 Å². The van der Waals surface area contributed by atoms with E-state index in [1.807, 2.05) is 0 Å². The van der Waals surface area contributed by atoms with Crippen LogP contribution in [0.4, 0.5) is 0 Å². The molecular weight excluding hydrogens is 126 g/mol. The van der Waals surface area contributed by atoms with Crippen LogP contribution in [0.15, 0.2) is 0 Å². The van der Waals surface area contributed by atoms with Crippen molar-refractivity contribution in [2.75, 3.05) is 6.61 Å². The van der Waals surface area contributed by atoms with E-state index in [0.29, 0.717) is 6.61 Å². The number of aliphatic hydroxyl groups excluding tert-OH is 1. The summed E-state index contributed by atoms with van der Waals surface area (Å²) in [6.45, 7) is 2.05. The van der Waals surface area contributed by atoms with Gasteiger partial charge in [0.2, 0.25) is 0 Å². The van der Waals surface area contributed by atoms with Crippen LogP contribution in [-0.4, -0.2) is 11.7 Å². The maximum Gasteiger partial charge on any atom is 0.0431 e. The van der Waals surface area contributed by atoms with Gasteiger partial charge in [0.25, 0.3) is 0 Å². The number of aliphatic hydroxyl groups is 1. The van der Waals surface area contributed by atoms with Crippen molar-refractivity contribution in [3.63, 3.8) is 0 Å². The maximum absolute atomic E-state index is 8.44. The monoisotopic (exact) mass is 144 g/mol. The van der Waals surface area contributed by atoms with Gasteiger partial charge in [-0.25, -0.2) is 0 Å². The second-order valence-electron chi connectivity index (χ2n) is 2.52. The summed E-state index contributed by atoms with van der Waals surface area (Å²) >= 11 is 0. The number of hydrogen-bond donors (Lipinski definition) is 2. The zero-order valence-corrected chi connectivity index (χ0v) is 6.55. The van der Waals surface area contributed by atoms with Crippen LogP contribution in [0.2, 0.25) is 0 Å². The highest BCUT2D eigenvalue weighted by molar-refractivity contribution is 4.53. The van der Waals surface area contributed by atoms with Gasteiger partial charge in [-0.1, -0.05) is 25.7 Å². The topological polar surface area (TPSA) is 46.2 Å². The van der Waals surface area contributed by atoms with Gasteiger partial charge in [-0.3, -0.25) is 0 Å². The zero-order chi connectivity index (χ0) is 7.66. The summed E-state index contributed by atoms with van der Waals surface area (Å²) in [7, 11) is 0. The van der Waals surface area contributed by atoms with Crippen LogP contribution in [0, 0.1) is 6.54 Å². The fourth-order valence-corrected chi connectivity index (χ4v) is 0.904. The molecule has 0 amide bonds. The molecule has 0 aliphatic heterocycles. The summed E-state index contributed by atoms with van der Waals surface area (Å²) in [4.78, 5) is 0. The Hall–Kier alpha value is -0.0800. The fraction of sp³-hybridized carbons (Fsp3) is 0.875. The van der Waals surface area contributed by atoms with Gasteiger partial charge in [-0.15, -0.1) is 0 Å². The predicted octanol–water partition coefficient (Wildman–Crippen LogP) is 1.44. The molecule has 2 heteroatoms. The Morgan fingerprint density at radius 3 is 2.20 bits per heavy atom. The summed E-state index contributed by atoms with van der Waals surface area (Å²) in [5.41, 5.74) is 5.20. The summed E-state index contributed by atoms with van der Waals surface area (Å²) in [6.07, 6.45) is 6.80. The van der Waals surface area contributed by atoms with E-state index < -0.39 is 0 Å². The summed E-state index contributed by atoms with van der Waals surface area (Å²) in [6, 6.07) is 0. The van der Waals surface area contributed by atoms with Crippen LogP contribution in [-0.2, 0) is 0 Å². The smallest absolute Gasteiger partial charge is 0.0431 e. The molecule has 2 nitrogen and oxygen atoms in total. The lowest BCUT2D eigenvalue weighted by Crippen LogP contribution is -1.89. The van der Waals surface area contributed by atoms with Crippen molar-refractivity contribution in [2.24, 2.45) is 5.73 Å². The highest BCUT2D eigenvalue weighted by Gasteiger charge is 1.88. The fourth-order valence-electron chi connectivity index (χ4n) is 0.904. The minimum atomic E-state index is 0.336. The third kappa shape index (κ3) is 7.92. The van der Waals surface area contributed by atoms with E-state index in [0.717, 1.165) is 19.3 Å². The van der Waals surface area contributed by atoms with Crippen LogP contribution < -0.4 is 5.73 Å². The van der Waals surface area contributed by atoms with Crippen LogP contribution in [0.3, 0.4) is 0 Å². The SMILES string of the molecule is N[CH]CCCCCCCO. The molecule has 0 fully saturated rings. The minimum Gasteiger partial charge on any atom is -0.396 e. The van der Waals surface area contributed by atoms with Crippen molar-refractivity contribution in [1.29, 1.82) is 0 Å². The van der Waals surface area contributed by atoms with Crippen LogP contribution in [0.5, 0.6) is 0 Å². The average molecular weight is 144 g/mol. The molecule has 0 unspecified atom stereocenters. The normalized spacial score (nSPS) is 10.2. The highest BCUT2D eigenvalue weighted by Crippen LogP contribution is 2.04. The van der Waals surface area contributed by atoms with Crippen molar-refractivity contribution in [3.05, 3.63) is 6.54 Å². The molecule has 0 aliphatic rings. The zero-order valence-electron chi connectivity index (χ0n) is 6.55. The lowest BCUT2D eigenvalue weighted by molar-refractivity contribution is 0.282. The Balaban J connectivity index is 2.65. The van der Waals surface area contributed by atoms with E-state index in [-0.39, 0.29) is 0 Å². The van der Waals surface area contributed by atoms with Gasteiger partial charge in [0, 0.05) is 13.2 Å². The number of unbranched alkanes of at least 4 members (excludes halogenated alkanes) is 5. The molecule has 0 aromatic heterocycles. The Bertz CT molecular complexity index is 49.2. The van der Waals surface area contributed by atoms with E-state index in [1.165, 1.54) is 19.3 Å². The third-order valence-corrected chi connectivity index (χ3v) is 1.53. The van der Waals surface area contributed by atoms with Crippen molar-refractivity contribution in [2.45, 2.75) is 38.5 Å². The van der Waals surface area contributed by atoms with Gasteiger partial charge in [0.05, 0.1) is 0 Å². The molecule has 1 radical (unpaired) electrons. The Morgan fingerprint density at radius 2 is 1.60 bits per heavy atom. The molecule has 0 aliphatic carbocycles. The van der Waals surface area contributed by atoms with E-state index >= 15 is 0 Å². The molecule has 0 aromatic carbocycles. The van der Waals surface area contributed by atoms with Crippen LogP contribution in [0.1, 0.15) is 38.5 Å². The van der Waals surface area contributed by atoms with E-state index in [1.54, 1.807) is 6.54 Å². The van der Waals surface area contributed by atoms with Gasteiger partial charge in [0.15, 0.2) is 0 Å². The Morgan fingerprint density at radius 1 is 1.00 bits per heavy atom. The molecule has 0 spiro atoms. The first-order chi connectivity index (χ1) is 4.91. The summed E-state index contributed by atoms with van der Waals surface area (Å²) < 4.78 is 0. The molecule has 3 N–H and O–H groups in total. The highest BCUT2D eigenvalue weighted by atomic mass is 16.2. The van der Waals surface area contributed by atoms with Gasteiger partial charge in [-0.05, 0) is 12.8 Å². The number of hydrogen-bond acceptors (Lipinski definition) is 2. The molecule has 0 bridgehead atoms. The van der Waals surface area contributed by atoms with Crippen molar-refractivity contribution in [3.8, 4) is 0 Å². The molecule has 0 atom stereocenters. The molecule has 0 saturated heterocycles. The van der Waals surface area contributed by atoms with Crippen molar-refractivity contribution >= 4 is 0 Å². The lowest BCUT2D eigenvalue weighted by Gasteiger charge is -1.97. The number of nitrogens with two attached hydrogens (primary N) is 1. The van der Waals surface area contributed by atoms with Gasteiger partial charge < -0.3 is 10.8 Å². The first-order valence-corrected chi connectivity index (χ1v) is 4.06. The predicted molar refractivity (Wildman–Crippen MR) is 43.3 cm³/mol. The molecule has 0 saturated carbocycles. The summed E-state index contributed by atoms with van der Waals surface area (Å²) in [5.74, 6) is 0. The largest absolute Gasteiger partial charge is 0.396 e. The molecule has 10 heavy (non-hydrogen) atoms. The van der Waals surface area contributed by atoms with E-state index in [9.17, 15) is 0 Å².